The van der Waals surface area contributed by atoms with Crippen LogP contribution in [-0.2, 0) is 17.9 Å². The van der Waals surface area contributed by atoms with E-state index in [9.17, 15) is 4.55 Å². The van der Waals surface area contributed by atoms with E-state index in [0.29, 0.717) is 6.54 Å². The fraction of sp³-hybridized carbons (Fsp3) is 0.500. The van der Waals surface area contributed by atoms with Crippen molar-refractivity contribution in [2.24, 2.45) is 0 Å². The van der Waals surface area contributed by atoms with E-state index in [-0.39, 0.29) is 4.75 Å². The van der Waals surface area contributed by atoms with Crippen molar-refractivity contribution in [2.75, 3.05) is 0 Å². The normalized spacial score (nSPS) is 14.0. The van der Waals surface area contributed by atoms with Crippen LogP contribution in [0, 0.1) is 0 Å². The first-order valence-corrected chi connectivity index (χ1v) is 5.69. The molecule has 1 unspecified atom stereocenters. The monoisotopic (exact) mass is 212 g/mol. The van der Waals surface area contributed by atoms with Crippen molar-refractivity contribution < 1.29 is 4.55 Å². The van der Waals surface area contributed by atoms with Crippen LogP contribution in [-0.4, -0.2) is 14.3 Å². The molecule has 1 atom stereocenters. The van der Waals surface area contributed by atoms with Gasteiger partial charge < -0.3 is 4.55 Å². The molecule has 1 heterocycles. The van der Waals surface area contributed by atoms with Crippen molar-refractivity contribution in [1.29, 1.82) is 0 Å². The second kappa shape index (κ2) is 4.77. The summed E-state index contributed by atoms with van der Waals surface area (Å²) in [5.41, 5.74) is 1.10. The summed E-state index contributed by atoms with van der Waals surface area (Å²) in [5, 5.41) is 0. The van der Waals surface area contributed by atoms with Crippen molar-refractivity contribution in [2.45, 2.75) is 32.1 Å². The van der Waals surface area contributed by atoms with Gasteiger partial charge in [-0.2, -0.15) is 0 Å². The predicted octanol–water partition coefficient (Wildman–Crippen LogP) is 1.63. The van der Waals surface area contributed by atoms with Crippen LogP contribution < -0.4 is 4.72 Å². The van der Waals surface area contributed by atoms with Gasteiger partial charge in [-0.3, -0.25) is 4.98 Å². The lowest BCUT2D eigenvalue weighted by atomic mass is 10.3. The number of aromatic nitrogens is 1. The van der Waals surface area contributed by atoms with Crippen LogP contribution in [0.2, 0.25) is 0 Å². The average molecular weight is 212 g/mol. The van der Waals surface area contributed by atoms with E-state index in [1.165, 1.54) is 0 Å². The molecule has 0 aliphatic heterocycles. The lowest BCUT2D eigenvalue weighted by Gasteiger charge is -2.23. The van der Waals surface area contributed by atoms with E-state index < -0.39 is 11.4 Å². The van der Waals surface area contributed by atoms with E-state index in [0.717, 1.165) is 5.56 Å². The molecular weight excluding hydrogens is 196 g/mol. The summed E-state index contributed by atoms with van der Waals surface area (Å²) in [6.07, 6.45) is 3.47. The smallest absolute Gasteiger partial charge is 0.136 e. The lowest BCUT2D eigenvalue weighted by Crippen LogP contribution is -2.38. The van der Waals surface area contributed by atoms with Crippen molar-refractivity contribution >= 4 is 11.4 Å². The van der Waals surface area contributed by atoms with Gasteiger partial charge in [0.05, 0.1) is 6.54 Å². The van der Waals surface area contributed by atoms with Crippen molar-refractivity contribution in [3.05, 3.63) is 30.1 Å². The Morgan fingerprint density at radius 3 is 2.43 bits per heavy atom. The minimum atomic E-state index is -1.01. The van der Waals surface area contributed by atoms with Gasteiger partial charge >= 0.3 is 0 Å². The molecule has 0 radical (unpaired) electrons. The first-order valence-electron chi connectivity index (χ1n) is 4.54. The fourth-order valence-electron chi connectivity index (χ4n) is 0.866. The van der Waals surface area contributed by atoms with Gasteiger partial charge in [-0.25, -0.2) is 0 Å². The van der Waals surface area contributed by atoms with Gasteiger partial charge in [0.15, 0.2) is 0 Å². The zero-order chi connectivity index (χ0) is 10.6. The highest BCUT2D eigenvalue weighted by Crippen LogP contribution is 2.13. The van der Waals surface area contributed by atoms with Gasteiger partial charge in [-0.05, 0) is 38.5 Å². The summed E-state index contributed by atoms with van der Waals surface area (Å²) >= 11 is -1.01. The molecule has 0 saturated carbocycles. The second-order valence-electron chi connectivity index (χ2n) is 4.06. The predicted molar refractivity (Wildman–Crippen MR) is 59.0 cm³/mol. The molecule has 1 N–H and O–H groups in total. The summed E-state index contributed by atoms with van der Waals surface area (Å²) < 4.78 is 14.4. The van der Waals surface area contributed by atoms with Crippen LogP contribution in [0.5, 0.6) is 0 Å². The molecule has 78 valence electrons. The van der Waals surface area contributed by atoms with Crippen molar-refractivity contribution in [3.63, 3.8) is 0 Å². The Kier molecular flexibility index (Phi) is 3.92. The van der Waals surface area contributed by atoms with E-state index in [1.807, 2.05) is 32.9 Å². The minimum Gasteiger partial charge on any atom is -0.598 e. The highest BCUT2D eigenvalue weighted by Gasteiger charge is 2.25. The molecular formula is C10H16N2OS. The van der Waals surface area contributed by atoms with E-state index in [2.05, 4.69) is 9.71 Å². The quantitative estimate of drug-likeness (QED) is 0.775. The zero-order valence-corrected chi connectivity index (χ0v) is 9.60. The molecule has 0 bridgehead atoms. The van der Waals surface area contributed by atoms with Crippen LogP contribution in [0.25, 0.3) is 0 Å². The Balaban J connectivity index is 2.42. The van der Waals surface area contributed by atoms with Gasteiger partial charge in [0.2, 0.25) is 0 Å². The molecule has 0 amide bonds. The number of rotatable bonds is 3. The number of pyridine rings is 1. The van der Waals surface area contributed by atoms with Gasteiger partial charge in [0.1, 0.15) is 4.75 Å². The van der Waals surface area contributed by atoms with Crippen LogP contribution in [0.1, 0.15) is 26.3 Å². The molecule has 0 saturated heterocycles. The molecule has 0 spiro atoms. The third-order valence-electron chi connectivity index (χ3n) is 1.71. The molecule has 0 fully saturated rings. The molecule has 4 heteroatoms. The standard InChI is InChI=1S/C10H16N2OS/c1-10(2,3)14(13)12-8-9-4-6-11-7-5-9/h4-7,12H,8H2,1-3H3. The summed E-state index contributed by atoms with van der Waals surface area (Å²) in [6.45, 7) is 6.46. The van der Waals surface area contributed by atoms with Crippen LogP contribution in [0.3, 0.4) is 0 Å². The number of nitrogens with one attached hydrogen (secondary N) is 1. The summed E-state index contributed by atoms with van der Waals surface area (Å²) in [7, 11) is 0. The Hall–Kier alpha value is -0.580. The Morgan fingerprint density at radius 2 is 1.93 bits per heavy atom. The zero-order valence-electron chi connectivity index (χ0n) is 8.78. The first kappa shape index (κ1) is 11.5. The molecule has 0 aromatic carbocycles. The van der Waals surface area contributed by atoms with Crippen LogP contribution in [0.15, 0.2) is 24.5 Å². The topological polar surface area (TPSA) is 48.0 Å². The Labute approximate surface area is 88.3 Å². The molecule has 1 rings (SSSR count). The Morgan fingerprint density at radius 1 is 1.36 bits per heavy atom. The van der Waals surface area contributed by atoms with Crippen LogP contribution in [0.4, 0.5) is 0 Å². The molecule has 14 heavy (non-hydrogen) atoms. The van der Waals surface area contributed by atoms with E-state index in [4.69, 9.17) is 0 Å². The average Bonchev–Trinajstić information content (AvgIpc) is 2.14. The summed E-state index contributed by atoms with van der Waals surface area (Å²) in [6, 6.07) is 3.82. The largest absolute Gasteiger partial charge is 0.598 e. The van der Waals surface area contributed by atoms with Gasteiger partial charge in [-0.15, -0.1) is 4.72 Å². The number of hydrogen-bond donors (Lipinski definition) is 1. The van der Waals surface area contributed by atoms with Crippen molar-refractivity contribution in [3.8, 4) is 0 Å². The SMILES string of the molecule is CC(C)(C)[S+]([O-])NCc1ccncc1. The highest BCUT2D eigenvalue weighted by atomic mass is 32.2. The maximum atomic E-state index is 11.6. The molecule has 3 nitrogen and oxygen atoms in total. The molecule has 1 aromatic heterocycles. The van der Waals surface area contributed by atoms with Gasteiger partial charge in [0.25, 0.3) is 0 Å². The molecule has 1 aromatic rings. The summed E-state index contributed by atoms with van der Waals surface area (Å²) in [5.74, 6) is 0. The first-order chi connectivity index (χ1) is 6.50. The highest BCUT2D eigenvalue weighted by molar-refractivity contribution is 7.90. The third kappa shape index (κ3) is 3.65. The lowest BCUT2D eigenvalue weighted by molar-refractivity contribution is 0.544. The van der Waals surface area contributed by atoms with E-state index in [1.54, 1.807) is 12.4 Å². The van der Waals surface area contributed by atoms with Crippen molar-refractivity contribution in [1.82, 2.24) is 9.71 Å². The van der Waals surface area contributed by atoms with Crippen LogP contribution >= 0.6 is 0 Å². The third-order valence-corrected chi connectivity index (χ3v) is 3.23. The maximum absolute atomic E-state index is 11.6. The van der Waals surface area contributed by atoms with Gasteiger partial charge in [0, 0.05) is 23.8 Å². The summed E-state index contributed by atoms with van der Waals surface area (Å²) in [4.78, 5) is 3.92. The number of hydrogen-bond acceptors (Lipinski definition) is 3. The molecule has 0 aliphatic rings. The second-order valence-corrected chi connectivity index (χ2v) is 6.11. The number of nitrogens with zero attached hydrogens (tertiary/aromatic N) is 1. The maximum Gasteiger partial charge on any atom is 0.136 e. The minimum absolute atomic E-state index is 0.215. The van der Waals surface area contributed by atoms with E-state index >= 15 is 0 Å². The molecule has 0 aliphatic carbocycles. The Bertz CT molecular complexity index is 271. The van der Waals surface area contributed by atoms with Gasteiger partial charge in [-0.1, -0.05) is 0 Å². The fourth-order valence-corrected chi connectivity index (χ4v) is 1.60.